The second-order valence-corrected chi connectivity index (χ2v) is 5.22. The highest BCUT2D eigenvalue weighted by Gasteiger charge is 2.13. The van der Waals surface area contributed by atoms with E-state index in [9.17, 15) is 4.79 Å². The molecule has 1 unspecified atom stereocenters. The predicted molar refractivity (Wildman–Crippen MR) is 98.7 cm³/mol. The fourth-order valence-corrected chi connectivity index (χ4v) is 2.18. The zero-order valence-electron chi connectivity index (χ0n) is 14.3. The van der Waals surface area contributed by atoms with Crippen molar-refractivity contribution in [2.45, 2.75) is 6.04 Å². The number of rotatable bonds is 8. The number of hydrogen-bond acceptors (Lipinski definition) is 8. The van der Waals surface area contributed by atoms with Crippen molar-refractivity contribution in [2.75, 3.05) is 19.4 Å². The third-order valence-corrected chi connectivity index (χ3v) is 3.53. The van der Waals surface area contributed by atoms with Crippen molar-refractivity contribution in [3.63, 3.8) is 0 Å². The fraction of sp³-hybridized carbons (Fsp3) is 0.176. The second-order valence-electron chi connectivity index (χ2n) is 5.22. The van der Waals surface area contributed by atoms with Gasteiger partial charge in [0.05, 0.1) is 18.8 Å². The highest BCUT2D eigenvalue weighted by molar-refractivity contribution is 5.99. The first-order chi connectivity index (χ1) is 12.6. The number of nitrogens with two attached hydrogens (primary N) is 2. The molecule has 0 bridgehead atoms. The van der Waals surface area contributed by atoms with Crippen LogP contribution in [-0.2, 0) is 0 Å². The van der Waals surface area contributed by atoms with Gasteiger partial charge in [-0.05, 0) is 17.7 Å². The van der Waals surface area contributed by atoms with Crippen molar-refractivity contribution < 1.29 is 9.53 Å². The molecule has 26 heavy (non-hydrogen) atoms. The average molecular weight is 355 g/mol. The largest absolute Gasteiger partial charge is 0.497 e. The summed E-state index contributed by atoms with van der Waals surface area (Å²) >= 11 is 0. The molecule has 1 amide bonds. The summed E-state index contributed by atoms with van der Waals surface area (Å²) in [5.41, 5.74) is 12.6. The van der Waals surface area contributed by atoms with E-state index in [-0.39, 0.29) is 23.3 Å². The maximum absolute atomic E-state index is 12.2. The van der Waals surface area contributed by atoms with Gasteiger partial charge >= 0.3 is 0 Å². The molecule has 0 aliphatic carbocycles. The van der Waals surface area contributed by atoms with Gasteiger partial charge in [-0.25, -0.2) is 9.97 Å². The quantitative estimate of drug-likeness (QED) is 0.434. The van der Waals surface area contributed by atoms with Crippen molar-refractivity contribution >= 4 is 17.9 Å². The predicted octanol–water partition coefficient (Wildman–Crippen LogP) is 0.578. The van der Waals surface area contributed by atoms with Crippen LogP contribution in [0.4, 0.5) is 5.82 Å². The second kappa shape index (κ2) is 9.14. The van der Waals surface area contributed by atoms with Crippen LogP contribution in [-0.4, -0.2) is 35.7 Å². The van der Waals surface area contributed by atoms with Gasteiger partial charge in [-0.3, -0.25) is 4.79 Å². The van der Waals surface area contributed by atoms with Crippen LogP contribution in [0, 0.1) is 5.41 Å². The summed E-state index contributed by atoms with van der Waals surface area (Å²) in [7, 11) is 1.59. The molecule has 0 fully saturated rings. The van der Waals surface area contributed by atoms with Gasteiger partial charge in [0.1, 0.15) is 5.75 Å². The van der Waals surface area contributed by atoms with Gasteiger partial charge in [-0.1, -0.05) is 12.1 Å². The molecule has 1 aromatic carbocycles. The highest BCUT2D eigenvalue weighted by Crippen LogP contribution is 2.18. The first kappa shape index (κ1) is 18.9. The molecule has 2 aromatic rings. The number of carbonyl (C=O) groups excluding carboxylic acids is 1. The van der Waals surface area contributed by atoms with Crippen LogP contribution < -0.4 is 26.8 Å². The van der Waals surface area contributed by atoms with E-state index in [4.69, 9.17) is 21.6 Å². The molecule has 1 heterocycles. The Labute approximate surface area is 151 Å². The summed E-state index contributed by atoms with van der Waals surface area (Å²) in [6.45, 7) is 0.306. The third kappa shape index (κ3) is 4.77. The minimum Gasteiger partial charge on any atom is -0.497 e. The topological polar surface area (TPSA) is 152 Å². The van der Waals surface area contributed by atoms with Crippen LogP contribution >= 0.6 is 0 Å². The molecular formula is C17H21N7O2. The summed E-state index contributed by atoms with van der Waals surface area (Å²) in [6.07, 6.45) is 5.25. The third-order valence-electron chi connectivity index (χ3n) is 3.53. The first-order valence-corrected chi connectivity index (χ1v) is 7.77. The lowest BCUT2D eigenvalue weighted by Crippen LogP contribution is -2.29. The SMILES string of the molecule is COc1cccc(C(CN)N/C=C(\C=N)NC(=O)c2nccnc2N)c1. The van der Waals surface area contributed by atoms with Gasteiger partial charge in [0, 0.05) is 31.4 Å². The number of hydrogen-bond donors (Lipinski definition) is 5. The molecule has 1 atom stereocenters. The van der Waals surface area contributed by atoms with E-state index in [1.807, 2.05) is 24.3 Å². The van der Waals surface area contributed by atoms with Gasteiger partial charge in [0.15, 0.2) is 11.5 Å². The molecule has 0 saturated heterocycles. The maximum Gasteiger partial charge on any atom is 0.278 e. The highest BCUT2D eigenvalue weighted by atomic mass is 16.5. The molecule has 9 nitrogen and oxygen atoms in total. The van der Waals surface area contributed by atoms with E-state index >= 15 is 0 Å². The fourth-order valence-electron chi connectivity index (χ4n) is 2.18. The molecular weight excluding hydrogens is 334 g/mol. The van der Waals surface area contributed by atoms with E-state index < -0.39 is 5.91 Å². The normalized spacial score (nSPS) is 12.2. The summed E-state index contributed by atoms with van der Waals surface area (Å²) in [5.74, 6) is 0.168. The number of ether oxygens (including phenoxy) is 1. The zero-order chi connectivity index (χ0) is 18.9. The number of allylic oxidation sites excluding steroid dienone is 1. The molecule has 0 saturated carbocycles. The number of nitrogen functional groups attached to an aromatic ring is 1. The lowest BCUT2D eigenvalue weighted by Gasteiger charge is -2.17. The zero-order valence-corrected chi connectivity index (χ0v) is 14.3. The Morgan fingerprint density at radius 1 is 1.38 bits per heavy atom. The monoisotopic (exact) mass is 355 g/mol. The van der Waals surface area contributed by atoms with Crippen molar-refractivity contribution in [2.24, 2.45) is 5.73 Å². The summed E-state index contributed by atoms with van der Waals surface area (Å²) in [4.78, 5) is 19.9. The molecule has 0 aliphatic rings. The Balaban J connectivity index is 2.10. The van der Waals surface area contributed by atoms with Gasteiger partial charge in [-0.2, -0.15) is 0 Å². The Morgan fingerprint density at radius 2 is 2.15 bits per heavy atom. The average Bonchev–Trinajstić information content (AvgIpc) is 2.67. The minimum atomic E-state index is -0.558. The van der Waals surface area contributed by atoms with Crippen LogP contribution in [0.1, 0.15) is 22.1 Å². The Bertz CT molecular complexity index is 807. The summed E-state index contributed by atoms with van der Waals surface area (Å²) < 4.78 is 5.21. The Kier molecular flexibility index (Phi) is 6.63. The lowest BCUT2D eigenvalue weighted by molar-refractivity contribution is 0.0963. The molecule has 7 N–H and O–H groups in total. The smallest absolute Gasteiger partial charge is 0.278 e. The molecule has 136 valence electrons. The van der Waals surface area contributed by atoms with Crippen LogP contribution in [0.3, 0.4) is 0 Å². The van der Waals surface area contributed by atoms with Gasteiger partial charge < -0.3 is 32.2 Å². The van der Waals surface area contributed by atoms with Crippen LogP contribution in [0.25, 0.3) is 0 Å². The number of nitrogens with zero attached hydrogens (tertiary/aromatic N) is 2. The van der Waals surface area contributed by atoms with Crippen molar-refractivity contribution in [1.29, 1.82) is 5.41 Å². The number of carbonyl (C=O) groups is 1. The maximum atomic E-state index is 12.2. The van der Waals surface area contributed by atoms with Crippen molar-refractivity contribution in [3.8, 4) is 5.75 Å². The molecule has 0 radical (unpaired) electrons. The summed E-state index contributed by atoms with van der Waals surface area (Å²) in [6, 6.07) is 7.24. The Morgan fingerprint density at radius 3 is 2.81 bits per heavy atom. The summed E-state index contributed by atoms with van der Waals surface area (Å²) in [5, 5.41) is 13.1. The molecule has 0 aliphatic heterocycles. The van der Waals surface area contributed by atoms with Gasteiger partial charge in [0.25, 0.3) is 5.91 Å². The van der Waals surface area contributed by atoms with E-state index in [2.05, 4.69) is 20.6 Å². The van der Waals surface area contributed by atoms with E-state index in [1.165, 1.54) is 18.6 Å². The lowest BCUT2D eigenvalue weighted by atomic mass is 10.1. The number of amides is 1. The van der Waals surface area contributed by atoms with Crippen molar-refractivity contribution in [3.05, 3.63) is 59.8 Å². The van der Waals surface area contributed by atoms with Crippen LogP contribution in [0.2, 0.25) is 0 Å². The molecule has 0 spiro atoms. The number of benzene rings is 1. The van der Waals surface area contributed by atoms with E-state index in [0.29, 0.717) is 12.3 Å². The number of aromatic nitrogens is 2. The minimum absolute atomic E-state index is 0.0107. The number of nitrogens with one attached hydrogen (secondary N) is 3. The van der Waals surface area contributed by atoms with E-state index in [0.717, 1.165) is 11.8 Å². The molecule has 2 rings (SSSR count). The molecule has 1 aromatic heterocycles. The first-order valence-electron chi connectivity index (χ1n) is 7.77. The van der Waals surface area contributed by atoms with Gasteiger partial charge in [-0.15, -0.1) is 0 Å². The standard InChI is InChI=1S/C17H21N7O2/c1-26-13-4-2-3-11(7-13)14(9-19)23-10-12(8-18)24-17(25)15-16(20)22-6-5-21-15/h2-8,10,14,18,23H,9,19H2,1H3,(H2,20,22)(H,24,25)/b12-10+,18-8?. The van der Waals surface area contributed by atoms with E-state index in [1.54, 1.807) is 7.11 Å². The van der Waals surface area contributed by atoms with Gasteiger partial charge in [0.2, 0.25) is 0 Å². The number of anilines is 1. The van der Waals surface area contributed by atoms with Crippen LogP contribution in [0.5, 0.6) is 5.75 Å². The van der Waals surface area contributed by atoms with Crippen LogP contribution in [0.15, 0.2) is 48.6 Å². The number of methoxy groups -OCH3 is 1. The Hall–Kier alpha value is -3.46. The van der Waals surface area contributed by atoms with Crippen molar-refractivity contribution in [1.82, 2.24) is 20.6 Å². The molecule has 9 heteroatoms.